The molecule has 0 spiro atoms. The van der Waals surface area contributed by atoms with Gasteiger partial charge in [-0.05, 0) is 33.6 Å². The minimum absolute atomic E-state index is 0.0459. The lowest BCUT2D eigenvalue weighted by Gasteiger charge is -2.17. The molecule has 1 aliphatic rings. The smallest absolute Gasteiger partial charge is 0.352 e. The molecule has 2 rings (SSSR count). The maximum atomic E-state index is 12.9. The number of carbonyl (C=O) groups excluding carboxylic acids is 1. The Morgan fingerprint density at radius 1 is 1.38 bits per heavy atom. The van der Waals surface area contributed by atoms with E-state index in [1.165, 1.54) is 6.92 Å². The molecule has 0 aromatic carbocycles. The molecule has 0 bridgehead atoms. The van der Waals surface area contributed by atoms with Gasteiger partial charge in [-0.3, -0.25) is 9.48 Å². The summed E-state index contributed by atoms with van der Waals surface area (Å²) in [6.45, 7) is 5.08. The van der Waals surface area contributed by atoms with E-state index in [0.29, 0.717) is 5.69 Å². The molecular formula is C13H17ClF3N3O. The summed E-state index contributed by atoms with van der Waals surface area (Å²) in [7, 11) is 0. The standard InChI is InChI=1S/C13H17ClF3N3O/c1-6(2)18-12(21)7(3)20-10(8-4-5-8)9(14)11(19-20)13(15,16)17/h6-8H,4-5H2,1-3H3,(H,18,21)/t7-/m0/s1. The van der Waals surface area contributed by atoms with Crippen molar-refractivity contribution in [3.8, 4) is 0 Å². The van der Waals surface area contributed by atoms with Gasteiger partial charge in [-0.15, -0.1) is 0 Å². The predicted molar refractivity (Wildman–Crippen MR) is 72.2 cm³/mol. The fraction of sp³-hybridized carbons (Fsp3) is 0.692. The Balaban J connectivity index is 2.40. The molecule has 0 aliphatic heterocycles. The topological polar surface area (TPSA) is 46.9 Å². The summed E-state index contributed by atoms with van der Waals surface area (Å²) in [6, 6.07) is -0.936. The summed E-state index contributed by atoms with van der Waals surface area (Å²) >= 11 is 5.87. The molecule has 4 nitrogen and oxygen atoms in total. The Hall–Kier alpha value is -1.24. The second kappa shape index (κ2) is 5.51. The maximum Gasteiger partial charge on any atom is 0.436 e. The fourth-order valence-corrected chi connectivity index (χ4v) is 2.53. The van der Waals surface area contributed by atoms with Crippen LogP contribution >= 0.6 is 11.6 Å². The second-order valence-corrected chi connectivity index (χ2v) is 5.98. The molecule has 8 heteroatoms. The van der Waals surface area contributed by atoms with E-state index in [9.17, 15) is 18.0 Å². The van der Waals surface area contributed by atoms with Crippen LogP contribution in [0.3, 0.4) is 0 Å². The molecule has 1 saturated carbocycles. The molecule has 1 aromatic heterocycles. The number of hydrogen-bond acceptors (Lipinski definition) is 2. The molecule has 0 saturated heterocycles. The van der Waals surface area contributed by atoms with E-state index in [1.54, 1.807) is 13.8 Å². The van der Waals surface area contributed by atoms with Crippen molar-refractivity contribution in [3.63, 3.8) is 0 Å². The van der Waals surface area contributed by atoms with Gasteiger partial charge in [0.25, 0.3) is 0 Å². The lowest BCUT2D eigenvalue weighted by atomic mass is 10.2. The maximum absolute atomic E-state index is 12.9. The third kappa shape index (κ3) is 3.33. The van der Waals surface area contributed by atoms with E-state index >= 15 is 0 Å². The van der Waals surface area contributed by atoms with Gasteiger partial charge in [0.2, 0.25) is 5.91 Å². The summed E-state index contributed by atoms with van der Waals surface area (Å²) in [5, 5.41) is 5.86. The number of carbonyl (C=O) groups is 1. The van der Waals surface area contributed by atoms with E-state index in [0.717, 1.165) is 17.5 Å². The summed E-state index contributed by atoms with van der Waals surface area (Å²) in [4.78, 5) is 12.0. The third-order valence-corrected chi connectivity index (χ3v) is 3.67. The van der Waals surface area contributed by atoms with Gasteiger partial charge < -0.3 is 5.32 Å². The van der Waals surface area contributed by atoms with Crippen LogP contribution in [0.4, 0.5) is 13.2 Å². The Kier molecular flexibility index (Phi) is 4.24. The lowest BCUT2D eigenvalue weighted by molar-refractivity contribution is -0.141. The normalized spacial score (nSPS) is 17.1. The van der Waals surface area contributed by atoms with Gasteiger partial charge in [-0.25, -0.2) is 0 Å². The largest absolute Gasteiger partial charge is 0.436 e. The number of aromatic nitrogens is 2. The predicted octanol–water partition coefficient (Wildman–Crippen LogP) is 3.52. The van der Waals surface area contributed by atoms with Crippen molar-refractivity contribution in [3.05, 3.63) is 16.4 Å². The van der Waals surface area contributed by atoms with E-state index in [1.807, 2.05) is 0 Å². The van der Waals surface area contributed by atoms with Crippen molar-refractivity contribution < 1.29 is 18.0 Å². The Labute approximate surface area is 125 Å². The molecule has 1 aliphatic carbocycles. The lowest BCUT2D eigenvalue weighted by Crippen LogP contribution is -2.36. The van der Waals surface area contributed by atoms with Crippen LogP contribution in [-0.2, 0) is 11.0 Å². The van der Waals surface area contributed by atoms with Crippen molar-refractivity contribution in [2.24, 2.45) is 0 Å². The zero-order chi connectivity index (χ0) is 15.9. The molecule has 1 N–H and O–H groups in total. The van der Waals surface area contributed by atoms with Crippen LogP contribution in [0.1, 0.15) is 57.0 Å². The Morgan fingerprint density at radius 2 is 1.95 bits per heavy atom. The number of nitrogens with one attached hydrogen (secondary N) is 1. The SMILES string of the molecule is CC(C)NC(=O)[C@H](C)n1nc(C(F)(F)F)c(Cl)c1C1CC1. The molecule has 1 fully saturated rings. The molecular weight excluding hydrogens is 307 g/mol. The van der Waals surface area contributed by atoms with Crippen LogP contribution in [0.25, 0.3) is 0 Å². The zero-order valence-corrected chi connectivity index (χ0v) is 12.7. The molecule has 1 atom stereocenters. The van der Waals surface area contributed by atoms with Crippen LogP contribution < -0.4 is 5.32 Å². The average Bonchev–Trinajstić information content (AvgIpc) is 3.09. The van der Waals surface area contributed by atoms with E-state index < -0.39 is 17.9 Å². The highest BCUT2D eigenvalue weighted by atomic mass is 35.5. The van der Waals surface area contributed by atoms with Crippen LogP contribution in [-0.4, -0.2) is 21.7 Å². The van der Waals surface area contributed by atoms with Crippen LogP contribution in [0, 0.1) is 0 Å². The first-order valence-electron chi connectivity index (χ1n) is 6.78. The van der Waals surface area contributed by atoms with E-state index in [4.69, 9.17) is 11.6 Å². The van der Waals surface area contributed by atoms with Gasteiger partial charge >= 0.3 is 6.18 Å². The first kappa shape index (κ1) is 16.1. The van der Waals surface area contributed by atoms with Crippen LogP contribution in [0.5, 0.6) is 0 Å². The summed E-state index contributed by atoms with van der Waals surface area (Å²) in [6.07, 6.45) is -3.09. The van der Waals surface area contributed by atoms with Crippen LogP contribution in [0.15, 0.2) is 0 Å². The highest BCUT2D eigenvalue weighted by Crippen LogP contribution is 2.47. The second-order valence-electron chi connectivity index (χ2n) is 5.60. The monoisotopic (exact) mass is 323 g/mol. The quantitative estimate of drug-likeness (QED) is 0.921. The van der Waals surface area contributed by atoms with E-state index in [-0.39, 0.29) is 22.9 Å². The molecule has 21 heavy (non-hydrogen) atoms. The van der Waals surface area contributed by atoms with E-state index in [2.05, 4.69) is 10.4 Å². The third-order valence-electron chi connectivity index (χ3n) is 3.30. The minimum atomic E-state index is -4.62. The van der Waals surface area contributed by atoms with Crippen molar-refractivity contribution >= 4 is 17.5 Å². The van der Waals surface area contributed by atoms with Crippen LogP contribution in [0.2, 0.25) is 5.02 Å². The van der Waals surface area contributed by atoms with Crippen molar-refractivity contribution in [2.45, 2.75) is 57.8 Å². The summed E-state index contributed by atoms with van der Waals surface area (Å²) in [5.41, 5.74) is -0.800. The molecule has 1 amide bonds. The van der Waals surface area contributed by atoms with Gasteiger partial charge in [0.05, 0.1) is 10.7 Å². The number of rotatable bonds is 4. The molecule has 1 heterocycles. The average molecular weight is 324 g/mol. The number of halogens is 4. The van der Waals surface area contributed by atoms with Crippen molar-refractivity contribution in [1.82, 2.24) is 15.1 Å². The van der Waals surface area contributed by atoms with Gasteiger partial charge in [0, 0.05) is 12.0 Å². The van der Waals surface area contributed by atoms with Gasteiger partial charge in [-0.1, -0.05) is 11.6 Å². The highest BCUT2D eigenvalue weighted by molar-refractivity contribution is 6.32. The summed E-state index contributed by atoms with van der Waals surface area (Å²) in [5.74, 6) is -0.421. The molecule has 0 radical (unpaired) electrons. The highest BCUT2D eigenvalue weighted by Gasteiger charge is 2.43. The Bertz CT molecular complexity index is 550. The van der Waals surface area contributed by atoms with Crippen molar-refractivity contribution in [2.75, 3.05) is 0 Å². The minimum Gasteiger partial charge on any atom is -0.352 e. The Morgan fingerprint density at radius 3 is 2.38 bits per heavy atom. The van der Waals surface area contributed by atoms with Gasteiger partial charge in [0.15, 0.2) is 5.69 Å². The molecule has 0 unspecified atom stereocenters. The summed E-state index contributed by atoms with van der Waals surface area (Å²) < 4.78 is 39.9. The number of hydrogen-bond donors (Lipinski definition) is 1. The van der Waals surface area contributed by atoms with Gasteiger partial charge in [0.1, 0.15) is 6.04 Å². The zero-order valence-electron chi connectivity index (χ0n) is 12.0. The van der Waals surface area contributed by atoms with Gasteiger partial charge in [-0.2, -0.15) is 18.3 Å². The van der Waals surface area contributed by atoms with Crippen molar-refractivity contribution in [1.29, 1.82) is 0 Å². The molecule has 1 aromatic rings. The number of nitrogens with zero attached hydrogens (tertiary/aromatic N) is 2. The number of alkyl halides is 3. The molecule has 118 valence electrons. The first-order chi connectivity index (χ1) is 9.62. The number of amides is 1. The fourth-order valence-electron chi connectivity index (χ4n) is 2.14. The first-order valence-corrected chi connectivity index (χ1v) is 7.16.